The zero-order valence-corrected chi connectivity index (χ0v) is 15.5. The Hall–Kier alpha value is -3.49. The first-order chi connectivity index (χ1) is 13.7. The number of benzene rings is 1. The molecule has 1 amide bonds. The van der Waals surface area contributed by atoms with Crippen LogP contribution >= 0.6 is 0 Å². The van der Waals surface area contributed by atoms with Crippen molar-refractivity contribution >= 4 is 17.4 Å². The molecule has 1 N–H and O–H groups in total. The second kappa shape index (κ2) is 8.03. The normalized spacial score (nSPS) is 14.7. The van der Waals surface area contributed by atoms with Crippen LogP contribution in [0.4, 0.5) is 11.5 Å². The summed E-state index contributed by atoms with van der Waals surface area (Å²) in [6, 6.07) is 11.2. The van der Waals surface area contributed by atoms with Crippen LogP contribution in [0.3, 0.4) is 0 Å². The van der Waals surface area contributed by atoms with Crippen molar-refractivity contribution in [1.29, 1.82) is 0 Å². The molecule has 0 unspecified atom stereocenters. The van der Waals surface area contributed by atoms with Gasteiger partial charge < -0.3 is 15.0 Å². The highest BCUT2D eigenvalue weighted by molar-refractivity contribution is 5.92. The molecule has 0 bridgehead atoms. The van der Waals surface area contributed by atoms with Crippen molar-refractivity contribution in [2.45, 2.75) is 12.8 Å². The van der Waals surface area contributed by atoms with Gasteiger partial charge in [-0.3, -0.25) is 4.79 Å². The lowest BCUT2D eigenvalue weighted by Gasteiger charge is -2.31. The number of carbonyl (C=O) groups is 1. The number of amides is 1. The summed E-state index contributed by atoms with van der Waals surface area (Å²) >= 11 is 0. The zero-order valence-electron chi connectivity index (χ0n) is 15.5. The number of aromatic nitrogens is 5. The minimum atomic E-state index is -0.0233. The standard InChI is InChI=1S/C19H21N7O2/c1-28-16-4-2-3-15(11-16)22-19(27)14-7-9-25(10-8-14)17-5-6-18(24-23-17)26-13-20-12-21-26/h2-6,11-14H,7-10H2,1H3,(H,22,27). The summed E-state index contributed by atoms with van der Waals surface area (Å²) in [5.74, 6) is 2.16. The van der Waals surface area contributed by atoms with Crippen LogP contribution in [-0.4, -0.2) is 51.1 Å². The minimum absolute atomic E-state index is 0.0233. The number of ether oxygens (including phenoxy) is 1. The molecule has 28 heavy (non-hydrogen) atoms. The molecule has 9 heteroatoms. The van der Waals surface area contributed by atoms with Crippen molar-refractivity contribution in [1.82, 2.24) is 25.0 Å². The van der Waals surface area contributed by atoms with Gasteiger partial charge in [-0.15, -0.1) is 10.2 Å². The van der Waals surface area contributed by atoms with Gasteiger partial charge in [-0.1, -0.05) is 6.07 Å². The van der Waals surface area contributed by atoms with Gasteiger partial charge in [0.05, 0.1) is 7.11 Å². The van der Waals surface area contributed by atoms with E-state index in [0.717, 1.165) is 43.2 Å². The first kappa shape index (κ1) is 17.9. The molecule has 0 saturated carbocycles. The second-order valence-electron chi connectivity index (χ2n) is 6.57. The lowest BCUT2D eigenvalue weighted by molar-refractivity contribution is -0.120. The summed E-state index contributed by atoms with van der Waals surface area (Å²) in [6.07, 6.45) is 4.57. The lowest BCUT2D eigenvalue weighted by Crippen LogP contribution is -2.38. The summed E-state index contributed by atoms with van der Waals surface area (Å²) in [5, 5.41) is 15.5. The van der Waals surface area contributed by atoms with Gasteiger partial charge in [0, 0.05) is 30.8 Å². The fraction of sp³-hybridized carbons (Fsp3) is 0.316. The van der Waals surface area contributed by atoms with Gasteiger partial charge in [-0.25, -0.2) is 9.67 Å². The number of piperidine rings is 1. The third kappa shape index (κ3) is 3.93. The fourth-order valence-electron chi connectivity index (χ4n) is 3.25. The van der Waals surface area contributed by atoms with E-state index in [1.807, 2.05) is 36.4 Å². The fourth-order valence-corrected chi connectivity index (χ4v) is 3.25. The van der Waals surface area contributed by atoms with Gasteiger partial charge in [0.25, 0.3) is 0 Å². The van der Waals surface area contributed by atoms with E-state index in [0.29, 0.717) is 5.82 Å². The maximum Gasteiger partial charge on any atom is 0.227 e. The van der Waals surface area contributed by atoms with Crippen molar-refractivity contribution in [2.24, 2.45) is 5.92 Å². The molecule has 0 atom stereocenters. The largest absolute Gasteiger partial charge is 0.497 e. The third-order valence-electron chi connectivity index (χ3n) is 4.82. The number of carbonyl (C=O) groups excluding carboxylic acids is 1. The van der Waals surface area contributed by atoms with Crippen LogP contribution in [0.5, 0.6) is 5.75 Å². The smallest absolute Gasteiger partial charge is 0.227 e. The number of anilines is 2. The molecular formula is C19H21N7O2. The van der Waals surface area contributed by atoms with E-state index in [9.17, 15) is 4.79 Å². The van der Waals surface area contributed by atoms with Gasteiger partial charge in [0.1, 0.15) is 18.4 Å². The van der Waals surface area contributed by atoms with Crippen molar-refractivity contribution in [3.8, 4) is 11.6 Å². The molecular weight excluding hydrogens is 358 g/mol. The van der Waals surface area contributed by atoms with E-state index < -0.39 is 0 Å². The Morgan fingerprint density at radius 2 is 1.93 bits per heavy atom. The molecule has 3 heterocycles. The summed E-state index contributed by atoms with van der Waals surface area (Å²) in [5.41, 5.74) is 0.751. The third-order valence-corrected chi connectivity index (χ3v) is 4.82. The van der Waals surface area contributed by atoms with Crippen LogP contribution in [0.25, 0.3) is 5.82 Å². The topological polar surface area (TPSA) is 98.1 Å². The quantitative estimate of drug-likeness (QED) is 0.723. The van der Waals surface area contributed by atoms with E-state index >= 15 is 0 Å². The summed E-state index contributed by atoms with van der Waals surface area (Å²) in [6.45, 7) is 1.51. The maximum atomic E-state index is 12.6. The van der Waals surface area contributed by atoms with Crippen molar-refractivity contribution < 1.29 is 9.53 Å². The van der Waals surface area contributed by atoms with Crippen molar-refractivity contribution in [3.63, 3.8) is 0 Å². The second-order valence-corrected chi connectivity index (χ2v) is 6.57. The van der Waals surface area contributed by atoms with Crippen LogP contribution < -0.4 is 15.0 Å². The molecule has 0 aliphatic carbocycles. The molecule has 4 rings (SSSR count). The van der Waals surface area contributed by atoms with Gasteiger partial charge in [-0.2, -0.15) is 5.10 Å². The van der Waals surface area contributed by atoms with Gasteiger partial charge in [0.2, 0.25) is 5.91 Å². The molecule has 3 aromatic rings. The molecule has 0 radical (unpaired) electrons. The van der Waals surface area contributed by atoms with Crippen LogP contribution in [0.15, 0.2) is 49.1 Å². The molecule has 9 nitrogen and oxygen atoms in total. The predicted molar refractivity (Wildman–Crippen MR) is 104 cm³/mol. The highest BCUT2D eigenvalue weighted by Gasteiger charge is 2.26. The van der Waals surface area contributed by atoms with E-state index in [2.05, 4.69) is 30.5 Å². The van der Waals surface area contributed by atoms with Gasteiger partial charge >= 0.3 is 0 Å². The molecule has 1 fully saturated rings. The summed E-state index contributed by atoms with van der Waals surface area (Å²) in [4.78, 5) is 18.6. The molecule has 0 spiro atoms. The van der Waals surface area contributed by atoms with Gasteiger partial charge in [-0.05, 0) is 37.1 Å². The molecule has 1 aromatic carbocycles. The Kier molecular flexibility index (Phi) is 5.14. The molecule has 1 saturated heterocycles. The molecule has 1 aliphatic heterocycles. The van der Waals surface area contributed by atoms with Crippen LogP contribution in [0, 0.1) is 5.92 Å². The van der Waals surface area contributed by atoms with Crippen LogP contribution in [0.1, 0.15) is 12.8 Å². The number of hydrogen-bond donors (Lipinski definition) is 1. The number of methoxy groups -OCH3 is 1. The Bertz CT molecular complexity index is 920. The van der Waals surface area contributed by atoms with Crippen LogP contribution in [0.2, 0.25) is 0 Å². The van der Waals surface area contributed by atoms with E-state index in [1.165, 1.54) is 6.33 Å². The SMILES string of the molecule is COc1cccc(NC(=O)C2CCN(c3ccc(-n4cncn4)nn3)CC2)c1. The Morgan fingerprint density at radius 3 is 2.61 bits per heavy atom. The molecule has 1 aliphatic rings. The average molecular weight is 379 g/mol. The zero-order chi connectivity index (χ0) is 19.3. The predicted octanol–water partition coefficient (Wildman–Crippen LogP) is 1.92. The number of hydrogen-bond acceptors (Lipinski definition) is 7. The molecule has 144 valence electrons. The number of nitrogens with one attached hydrogen (secondary N) is 1. The Balaban J connectivity index is 1.33. The maximum absolute atomic E-state index is 12.6. The highest BCUT2D eigenvalue weighted by Crippen LogP contribution is 2.24. The number of nitrogens with zero attached hydrogens (tertiary/aromatic N) is 6. The van der Waals surface area contributed by atoms with E-state index in [-0.39, 0.29) is 11.8 Å². The monoisotopic (exact) mass is 379 g/mol. The van der Waals surface area contributed by atoms with E-state index in [1.54, 1.807) is 18.1 Å². The first-order valence-corrected chi connectivity index (χ1v) is 9.11. The Morgan fingerprint density at radius 1 is 1.14 bits per heavy atom. The van der Waals surface area contributed by atoms with Crippen LogP contribution in [-0.2, 0) is 4.79 Å². The van der Waals surface area contributed by atoms with Crippen molar-refractivity contribution in [2.75, 3.05) is 30.4 Å². The average Bonchev–Trinajstić information content (AvgIpc) is 3.29. The minimum Gasteiger partial charge on any atom is -0.497 e. The van der Waals surface area contributed by atoms with E-state index in [4.69, 9.17) is 4.74 Å². The lowest BCUT2D eigenvalue weighted by atomic mass is 9.96. The van der Waals surface area contributed by atoms with Crippen molar-refractivity contribution in [3.05, 3.63) is 49.1 Å². The summed E-state index contributed by atoms with van der Waals surface area (Å²) in [7, 11) is 1.61. The van der Waals surface area contributed by atoms with Gasteiger partial charge in [0.15, 0.2) is 11.6 Å². The summed E-state index contributed by atoms with van der Waals surface area (Å²) < 4.78 is 6.76. The first-order valence-electron chi connectivity index (χ1n) is 9.11. The molecule has 2 aromatic heterocycles. The Labute approximate surface area is 162 Å². The number of rotatable bonds is 5. The highest BCUT2D eigenvalue weighted by atomic mass is 16.5.